The Labute approximate surface area is 111 Å². The van der Waals surface area contributed by atoms with Crippen molar-refractivity contribution in [3.05, 3.63) is 0 Å². The lowest BCUT2D eigenvalue weighted by atomic mass is 10.1. The summed E-state index contributed by atoms with van der Waals surface area (Å²) in [7, 11) is 0. The first-order chi connectivity index (χ1) is 8.70. The number of alkyl halides is 1. The molecule has 2 aliphatic heterocycles. The standard InChI is InChI=1S/C12H17ClN2O3/c13-6-11(16)15-8-3-4-18-10(8)5-9(15)12(17)14-7-1-2-7/h7-10H,1-6H2,(H,14,17)/t8-,9-,10-/m0/s1. The number of hydrogen-bond acceptors (Lipinski definition) is 3. The number of hydrogen-bond donors (Lipinski definition) is 1. The van der Waals surface area contributed by atoms with E-state index in [1.54, 1.807) is 4.90 Å². The predicted molar refractivity (Wildman–Crippen MR) is 65.3 cm³/mol. The smallest absolute Gasteiger partial charge is 0.243 e. The van der Waals surface area contributed by atoms with Gasteiger partial charge in [-0.3, -0.25) is 9.59 Å². The average molecular weight is 273 g/mol. The maximum Gasteiger partial charge on any atom is 0.243 e. The summed E-state index contributed by atoms with van der Waals surface area (Å²) in [4.78, 5) is 25.7. The van der Waals surface area contributed by atoms with Crippen molar-refractivity contribution in [3.8, 4) is 0 Å². The van der Waals surface area contributed by atoms with Crippen LogP contribution in [0.25, 0.3) is 0 Å². The molecule has 0 spiro atoms. The molecule has 6 heteroatoms. The number of fused-ring (bicyclic) bond motifs is 1. The largest absolute Gasteiger partial charge is 0.376 e. The Balaban J connectivity index is 1.74. The van der Waals surface area contributed by atoms with Crippen LogP contribution in [0.4, 0.5) is 0 Å². The van der Waals surface area contributed by atoms with Gasteiger partial charge in [-0.25, -0.2) is 0 Å². The Morgan fingerprint density at radius 2 is 2.11 bits per heavy atom. The van der Waals surface area contributed by atoms with Crippen LogP contribution in [0.1, 0.15) is 25.7 Å². The fourth-order valence-electron chi connectivity index (χ4n) is 2.93. The van der Waals surface area contributed by atoms with Crippen LogP contribution < -0.4 is 5.32 Å². The van der Waals surface area contributed by atoms with Crippen LogP contribution in [0, 0.1) is 0 Å². The molecule has 3 atom stereocenters. The van der Waals surface area contributed by atoms with Gasteiger partial charge in [-0.2, -0.15) is 0 Å². The molecule has 2 heterocycles. The van der Waals surface area contributed by atoms with E-state index in [0.717, 1.165) is 19.3 Å². The molecule has 1 aliphatic carbocycles. The van der Waals surface area contributed by atoms with E-state index in [4.69, 9.17) is 16.3 Å². The number of likely N-dealkylation sites (tertiary alicyclic amines) is 1. The second-order valence-corrected chi connectivity index (χ2v) is 5.50. The minimum Gasteiger partial charge on any atom is -0.376 e. The molecule has 2 saturated heterocycles. The molecule has 3 aliphatic rings. The first-order valence-corrected chi connectivity index (χ1v) is 7.03. The van der Waals surface area contributed by atoms with Gasteiger partial charge in [0, 0.05) is 19.1 Å². The Kier molecular flexibility index (Phi) is 3.20. The van der Waals surface area contributed by atoms with Gasteiger partial charge in [-0.05, 0) is 19.3 Å². The molecule has 3 rings (SSSR count). The van der Waals surface area contributed by atoms with Gasteiger partial charge in [-0.1, -0.05) is 0 Å². The van der Waals surface area contributed by atoms with Gasteiger partial charge in [0.2, 0.25) is 11.8 Å². The topological polar surface area (TPSA) is 58.6 Å². The van der Waals surface area contributed by atoms with Crippen molar-refractivity contribution in [1.29, 1.82) is 0 Å². The maximum atomic E-state index is 12.2. The summed E-state index contributed by atoms with van der Waals surface area (Å²) in [6.45, 7) is 0.665. The van der Waals surface area contributed by atoms with Crippen LogP contribution in [-0.4, -0.2) is 53.4 Å². The lowest BCUT2D eigenvalue weighted by molar-refractivity contribution is -0.138. The molecule has 2 amide bonds. The van der Waals surface area contributed by atoms with Gasteiger partial charge >= 0.3 is 0 Å². The van der Waals surface area contributed by atoms with Crippen molar-refractivity contribution < 1.29 is 14.3 Å². The molecule has 0 aromatic rings. The van der Waals surface area contributed by atoms with E-state index in [9.17, 15) is 9.59 Å². The zero-order valence-electron chi connectivity index (χ0n) is 10.1. The van der Waals surface area contributed by atoms with Crippen molar-refractivity contribution in [3.63, 3.8) is 0 Å². The summed E-state index contributed by atoms with van der Waals surface area (Å²) in [6, 6.07) is -0.0508. The number of amides is 2. The SMILES string of the molecule is O=C(NC1CC1)[C@@H]1C[C@@H]2OCC[C@@H]2N1C(=O)CCl. The fraction of sp³-hybridized carbons (Fsp3) is 0.833. The van der Waals surface area contributed by atoms with Crippen molar-refractivity contribution in [2.75, 3.05) is 12.5 Å². The second-order valence-electron chi connectivity index (χ2n) is 5.23. The van der Waals surface area contributed by atoms with Crippen LogP contribution in [0.15, 0.2) is 0 Å². The molecule has 100 valence electrons. The highest BCUT2D eigenvalue weighted by Gasteiger charge is 2.49. The van der Waals surface area contributed by atoms with Crippen molar-refractivity contribution in [2.24, 2.45) is 0 Å². The van der Waals surface area contributed by atoms with Crippen molar-refractivity contribution in [1.82, 2.24) is 10.2 Å². The van der Waals surface area contributed by atoms with E-state index in [2.05, 4.69) is 5.32 Å². The molecule has 18 heavy (non-hydrogen) atoms. The number of nitrogens with zero attached hydrogens (tertiary/aromatic N) is 1. The van der Waals surface area contributed by atoms with Crippen LogP contribution in [-0.2, 0) is 14.3 Å². The average Bonchev–Trinajstić information content (AvgIpc) is 2.92. The molecular formula is C12H17ClN2O3. The summed E-state index contributed by atoms with van der Waals surface area (Å²) in [5, 5.41) is 2.96. The lowest BCUT2D eigenvalue weighted by Gasteiger charge is -2.27. The van der Waals surface area contributed by atoms with Crippen LogP contribution in [0.5, 0.6) is 0 Å². The fourth-order valence-corrected chi connectivity index (χ4v) is 3.07. The summed E-state index contributed by atoms with van der Waals surface area (Å²) in [5.41, 5.74) is 0. The third-order valence-electron chi connectivity index (χ3n) is 3.95. The molecule has 0 bridgehead atoms. The van der Waals surface area contributed by atoms with Crippen molar-refractivity contribution in [2.45, 2.75) is 49.9 Å². The van der Waals surface area contributed by atoms with Crippen molar-refractivity contribution >= 4 is 23.4 Å². The van der Waals surface area contributed by atoms with Gasteiger partial charge in [0.15, 0.2) is 0 Å². The summed E-state index contributed by atoms with van der Waals surface area (Å²) in [5.74, 6) is -0.282. The van der Waals surface area contributed by atoms with E-state index >= 15 is 0 Å². The van der Waals surface area contributed by atoms with Crippen LogP contribution >= 0.6 is 11.6 Å². The number of ether oxygens (including phenoxy) is 1. The van der Waals surface area contributed by atoms with Crippen LogP contribution in [0.2, 0.25) is 0 Å². The van der Waals surface area contributed by atoms with Gasteiger partial charge in [0.25, 0.3) is 0 Å². The van der Waals surface area contributed by atoms with Gasteiger partial charge in [0.05, 0.1) is 12.1 Å². The normalized spacial score (nSPS) is 34.5. The Hall–Kier alpha value is -0.810. The van der Waals surface area contributed by atoms with E-state index in [1.165, 1.54) is 0 Å². The first kappa shape index (κ1) is 12.2. The molecule has 0 aromatic heterocycles. The molecule has 5 nitrogen and oxygen atoms in total. The highest BCUT2D eigenvalue weighted by Crippen LogP contribution is 2.34. The Bertz CT molecular complexity index is 372. The molecule has 1 N–H and O–H groups in total. The van der Waals surface area contributed by atoms with E-state index in [-0.39, 0.29) is 29.8 Å². The van der Waals surface area contributed by atoms with E-state index < -0.39 is 6.04 Å². The number of carbonyl (C=O) groups excluding carboxylic acids is 2. The quantitative estimate of drug-likeness (QED) is 0.750. The molecule has 0 radical (unpaired) electrons. The summed E-state index contributed by atoms with van der Waals surface area (Å²) >= 11 is 5.65. The highest BCUT2D eigenvalue weighted by atomic mass is 35.5. The predicted octanol–water partition coefficient (Wildman–Crippen LogP) is 0.262. The number of nitrogens with one attached hydrogen (secondary N) is 1. The minimum atomic E-state index is -0.396. The molecule has 0 unspecified atom stereocenters. The number of rotatable bonds is 3. The molecule has 3 fully saturated rings. The third-order valence-corrected chi connectivity index (χ3v) is 4.18. The summed E-state index contributed by atoms with van der Waals surface area (Å²) in [6.07, 6.45) is 3.51. The Morgan fingerprint density at radius 1 is 1.33 bits per heavy atom. The third kappa shape index (κ3) is 2.10. The van der Waals surface area contributed by atoms with Gasteiger partial charge in [0.1, 0.15) is 11.9 Å². The van der Waals surface area contributed by atoms with E-state index in [1.807, 2.05) is 0 Å². The highest BCUT2D eigenvalue weighted by molar-refractivity contribution is 6.27. The summed E-state index contributed by atoms with van der Waals surface area (Å²) < 4.78 is 5.59. The maximum absolute atomic E-state index is 12.2. The van der Waals surface area contributed by atoms with Gasteiger partial charge in [-0.15, -0.1) is 11.6 Å². The zero-order valence-corrected chi connectivity index (χ0v) is 10.9. The monoisotopic (exact) mass is 272 g/mol. The number of halogens is 1. The van der Waals surface area contributed by atoms with Gasteiger partial charge < -0.3 is 15.0 Å². The molecule has 1 saturated carbocycles. The Morgan fingerprint density at radius 3 is 2.78 bits per heavy atom. The van der Waals surface area contributed by atoms with E-state index in [0.29, 0.717) is 19.1 Å². The van der Waals surface area contributed by atoms with Crippen LogP contribution in [0.3, 0.4) is 0 Å². The first-order valence-electron chi connectivity index (χ1n) is 6.50. The lowest BCUT2D eigenvalue weighted by Crippen LogP contribution is -2.50. The second kappa shape index (κ2) is 4.70. The molecule has 0 aromatic carbocycles. The zero-order chi connectivity index (χ0) is 12.7. The minimum absolute atomic E-state index is 0.00659. The number of carbonyl (C=O) groups is 2. The molecular weight excluding hydrogens is 256 g/mol.